The number of carbonyl (C=O) groups is 1. The molecule has 6 nitrogen and oxygen atoms in total. The van der Waals surface area contributed by atoms with Gasteiger partial charge in [-0.1, -0.05) is 24.4 Å². The maximum Gasteiger partial charge on any atom is 0.326 e. The van der Waals surface area contributed by atoms with Crippen molar-refractivity contribution in [2.75, 3.05) is 24.7 Å². The second kappa shape index (κ2) is 9.27. The number of nitrogens with zero attached hydrogens (tertiary/aromatic N) is 1. The average molecular weight is 475 g/mol. The number of methoxy groups -OCH3 is 1. The van der Waals surface area contributed by atoms with E-state index in [-0.39, 0.29) is 12.0 Å². The molecule has 0 radical (unpaired) electrons. The molecule has 1 aliphatic carbocycles. The van der Waals surface area contributed by atoms with Crippen molar-refractivity contribution in [2.24, 2.45) is 4.99 Å². The van der Waals surface area contributed by atoms with Gasteiger partial charge < -0.3 is 20.4 Å². The third-order valence-electron chi connectivity index (χ3n) is 7.07. The molecule has 1 saturated heterocycles. The Balaban J connectivity index is 1.32. The van der Waals surface area contributed by atoms with Crippen molar-refractivity contribution in [2.45, 2.75) is 69.0 Å². The molecule has 0 amide bonds. The molecule has 3 N–H and O–H groups in total. The van der Waals surface area contributed by atoms with E-state index in [0.29, 0.717) is 6.04 Å². The lowest BCUT2D eigenvalue weighted by molar-refractivity contribution is -0.148. The molecule has 1 aromatic carbocycles. The van der Waals surface area contributed by atoms with Crippen LogP contribution in [-0.4, -0.2) is 53.0 Å². The summed E-state index contributed by atoms with van der Waals surface area (Å²) in [6, 6.07) is 6.93. The van der Waals surface area contributed by atoms with Crippen LogP contribution in [0.1, 0.15) is 57.1 Å². The Labute approximate surface area is 198 Å². The number of aromatic nitrogens is 1. The van der Waals surface area contributed by atoms with Crippen LogP contribution in [0.3, 0.4) is 0 Å². The third-order valence-corrected chi connectivity index (χ3v) is 8.44. The number of thioether (sulfide) groups is 1. The van der Waals surface area contributed by atoms with E-state index >= 15 is 0 Å². The predicted molar refractivity (Wildman–Crippen MR) is 133 cm³/mol. The van der Waals surface area contributed by atoms with Crippen molar-refractivity contribution in [3.63, 3.8) is 0 Å². The SMILES string of the molecule is COC(=O)C1(CCC2CSC(c3cc4cc(Cl)cc(NC5CCCC5)c4[nH]3)=N2)CCCN1. The van der Waals surface area contributed by atoms with Gasteiger partial charge in [-0.3, -0.25) is 9.79 Å². The summed E-state index contributed by atoms with van der Waals surface area (Å²) in [5.74, 6) is 0.801. The maximum atomic E-state index is 12.4. The minimum atomic E-state index is -0.531. The number of halogens is 1. The highest BCUT2D eigenvalue weighted by Crippen LogP contribution is 2.35. The first-order valence-electron chi connectivity index (χ1n) is 11.7. The minimum Gasteiger partial charge on any atom is -0.468 e. The van der Waals surface area contributed by atoms with Crippen molar-refractivity contribution in [1.82, 2.24) is 10.3 Å². The molecular formula is C24H31ClN4O2S. The molecule has 2 aromatic rings. The maximum absolute atomic E-state index is 12.4. The van der Waals surface area contributed by atoms with E-state index in [1.807, 2.05) is 12.1 Å². The van der Waals surface area contributed by atoms with Crippen LogP contribution in [0.15, 0.2) is 23.2 Å². The molecule has 2 unspecified atom stereocenters. The van der Waals surface area contributed by atoms with Crippen LogP contribution in [0.2, 0.25) is 5.02 Å². The lowest BCUT2D eigenvalue weighted by Gasteiger charge is -2.27. The van der Waals surface area contributed by atoms with Gasteiger partial charge in [-0.2, -0.15) is 0 Å². The number of H-pyrrole nitrogens is 1. The molecule has 172 valence electrons. The van der Waals surface area contributed by atoms with Crippen LogP contribution in [0, 0.1) is 0 Å². The van der Waals surface area contributed by atoms with Crippen LogP contribution in [0.5, 0.6) is 0 Å². The van der Waals surface area contributed by atoms with E-state index in [1.165, 1.54) is 32.8 Å². The summed E-state index contributed by atoms with van der Waals surface area (Å²) in [6.07, 6.45) is 8.51. The summed E-state index contributed by atoms with van der Waals surface area (Å²) < 4.78 is 5.08. The Kier molecular flexibility index (Phi) is 6.41. The monoisotopic (exact) mass is 474 g/mol. The lowest BCUT2D eigenvalue weighted by atomic mass is 9.90. The van der Waals surface area contributed by atoms with E-state index in [9.17, 15) is 4.79 Å². The van der Waals surface area contributed by atoms with Gasteiger partial charge in [0.1, 0.15) is 10.6 Å². The standard InChI is InChI=1S/C24H31ClN4O2S/c1-31-23(30)24(8-4-10-26-24)9-7-18-14-32-22(28-18)20-12-15-11-16(25)13-19(21(15)29-20)27-17-5-2-3-6-17/h11-13,17-18,26-27,29H,2-10,14H2,1H3. The zero-order valence-corrected chi connectivity index (χ0v) is 20.1. The second-order valence-corrected chi connectivity index (χ2v) is 10.7. The Morgan fingerprint density at radius 2 is 2.16 bits per heavy atom. The highest BCUT2D eigenvalue weighted by molar-refractivity contribution is 8.14. The minimum absolute atomic E-state index is 0.139. The van der Waals surface area contributed by atoms with Crippen LogP contribution in [-0.2, 0) is 9.53 Å². The van der Waals surface area contributed by atoms with Crippen molar-refractivity contribution < 1.29 is 9.53 Å². The van der Waals surface area contributed by atoms with Gasteiger partial charge in [0.2, 0.25) is 0 Å². The molecule has 1 aromatic heterocycles. The summed E-state index contributed by atoms with van der Waals surface area (Å²) >= 11 is 8.21. The number of hydrogen-bond donors (Lipinski definition) is 3. The van der Waals surface area contributed by atoms with Crippen LogP contribution in [0.4, 0.5) is 5.69 Å². The number of fused-ring (bicyclic) bond motifs is 1. The summed E-state index contributed by atoms with van der Waals surface area (Å²) in [7, 11) is 1.48. The Bertz CT molecular complexity index is 1020. The Hall–Kier alpha value is -1.70. The summed E-state index contributed by atoms with van der Waals surface area (Å²) in [4.78, 5) is 21.0. The molecule has 3 aliphatic rings. The highest BCUT2D eigenvalue weighted by atomic mass is 35.5. The molecule has 3 heterocycles. The van der Waals surface area contributed by atoms with Crippen molar-refractivity contribution in [1.29, 1.82) is 0 Å². The van der Waals surface area contributed by atoms with Gasteiger partial charge in [-0.05, 0) is 63.3 Å². The zero-order chi connectivity index (χ0) is 22.1. The van der Waals surface area contributed by atoms with Crippen molar-refractivity contribution in [3.05, 3.63) is 28.9 Å². The second-order valence-electron chi connectivity index (χ2n) is 9.27. The van der Waals surface area contributed by atoms with E-state index < -0.39 is 5.54 Å². The molecule has 8 heteroatoms. The van der Waals surface area contributed by atoms with Gasteiger partial charge in [0.05, 0.1) is 30.0 Å². The molecular weight excluding hydrogens is 444 g/mol. The number of esters is 1. The van der Waals surface area contributed by atoms with E-state index in [0.717, 1.165) is 70.3 Å². The fraction of sp³-hybridized carbons (Fsp3) is 0.583. The number of carbonyl (C=O) groups excluding carboxylic acids is 1. The van der Waals surface area contributed by atoms with Gasteiger partial charge in [0.25, 0.3) is 0 Å². The van der Waals surface area contributed by atoms with Crippen molar-refractivity contribution >= 4 is 51.0 Å². The molecule has 5 rings (SSSR count). The Morgan fingerprint density at radius 3 is 2.91 bits per heavy atom. The summed E-state index contributed by atoms with van der Waals surface area (Å²) in [5.41, 5.74) is 2.70. The highest BCUT2D eigenvalue weighted by Gasteiger charge is 2.42. The summed E-state index contributed by atoms with van der Waals surface area (Å²) in [5, 5.41) is 9.99. The first kappa shape index (κ1) is 22.1. The topological polar surface area (TPSA) is 78.5 Å². The summed E-state index contributed by atoms with van der Waals surface area (Å²) in [6.45, 7) is 0.873. The molecule has 32 heavy (non-hydrogen) atoms. The number of aromatic amines is 1. The first-order chi connectivity index (χ1) is 15.6. The number of ether oxygens (including phenoxy) is 1. The Morgan fingerprint density at radius 1 is 1.31 bits per heavy atom. The first-order valence-corrected chi connectivity index (χ1v) is 13.1. The predicted octanol–water partition coefficient (Wildman–Crippen LogP) is 5.11. The van der Waals surface area contributed by atoms with Gasteiger partial charge in [0, 0.05) is 22.2 Å². The van der Waals surface area contributed by atoms with Gasteiger partial charge in [0.15, 0.2) is 0 Å². The van der Waals surface area contributed by atoms with Gasteiger partial charge in [-0.25, -0.2) is 0 Å². The number of anilines is 1. The zero-order valence-electron chi connectivity index (χ0n) is 18.5. The number of benzene rings is 1. The van der Waals surface area contributed by atoms with Crippen LogP contribution in [0.25, 0.3) is 10.9 Å². The van der Waals surface area contributed by atoms with E-state index in [2.05, 4.69) is 21.7 Å². The van der Waals surface area contributed by atoms with E-state index in [1.54, 1.807) is 11.8 Å². The molecule has 2 fully saturated rings. The quantitative estimate of drug-likeness (QED) is 0.486. The number of aliphatic imine (C=N–C) groups is 1. The number of nitrogens with one attached hydrogen (secondary N) is 3. The number of rotatable bonds is 7. The third kappa shape index (κ3) is 4.39. The normalized spacial score (nSPS) is 26.1. The molecule has 0 spiro atoms. The van der Waals surface area contributed by atoms with Crippen molar-refractivity contribution in [3.8, 4) is 0 Å². The smallest absolute Gasteiger partial charge is 0.326 e. The van der Waals surface area contributed by atoms with Crippen LogP contribution < -0.4 is 10.6 Å². The lowest BCUT2D eigenvalue weighted by Crippen LogP contribution is -2.48. The number of hydrogen-bond acceptors (Lipinski definition) is 6. The van der Waals surface area contributed by atoms with E-state index in [4.69, 9.17) is 21.3 Å². The van der Waals surface area contributed by atoms with Crippen LogP contribution >= 0.6 is 23.4 Å². The molecule has 2 aliphatic heterocycles. The van der Waals surface area contributed by atoms with Gasteiger partial charge in [-0.15, -0.1) is 11.8 Å². The van der Waals surface area contributed by atoms with Gasteiger partial charge >= 0.3 is 5.97 Å². The fourth-order valence-electron chi connectivity index (χ4n) is 5.34. The molecule has 1 saturated carbocycles. The fourth-order valence-corrected chi connectivity index (χ4v) is 6.65. The average Bonchev–Trinajstić information content (AvgIpc) is 3.58. The molecule has 2 atom stereocenters. The molecule has 0 bridgehead atoms. The largest absolute Gasteiger partial charge is 0.468 e.